The summed E-state index contributed by atoms with van der Waals surface area (Å²) < 4.78 is 18.9. The molecule has 0 atom stereocenters. The van der Waals surface area contributed by atoms with E-state index in [1.54, 1.807) is 12.1 Å². The van der Waals surface area contributed by atoms with Gasteiger partial charge in [0, 0.05) is 10.2 Å². The van der Waals surface area contributed by atoms with E-state index in [1.165, 1.54) is 19.1 Å². The van der Waals surface area contributed by atoms with Crippen LogP contribution in [0.3, 0.4) is 0 Å². The van der Waals surface area contributed by atoms with Crippen molar-refractivity contribution in [2.24, 2.45) is 5.73 Å². The van der Waals surface area contributed by atoms with Crippen LogP contribution in [-0.4, -0.2) is 12.4 Å². The third-order valence-electron chi connectivity index (χ3n) is 2.04. The predicted molar refractivity (Wildman–Crippen MR) is 67.1 cm³/mol. The second-order valence-corrected chi connectivity index (χ2v) is 4.37. The lowest BCUT2D eigenvalue weighted by Crippen LogP contribution is -2.16. The van der Waals surface area contributed by atoms with Gasteiger partial charge in [0.25, 0.3) is 0 Å². The van der Waals surface area contributed by atoms with E-state index < -0.39 is 18.2 Å². The van der Waals surface area contributed by atoms with E-state index in [0.29, 0.717) is 4.47 Å². The second kappa shape index (κ2) is 6.17. The van der Waals surface area contributed by atoms with Crippen LogP contribution in [0.15, 0.2) is 33.9 Å². The topological polar surface area (TPSA) is 76.1 Å². The molecule has 0 aliphatic heterocycles. The summed E-state index contributed by atoms with van der Waals surface area (Å²) in [4.78, 5) is 11.6. The minimum Gasteiger partial charge on any atom is -0.482 e. The van der Waals surface area contributed by atoms with Crippen molar-refractivity contribution >= 4 is 21.7 Å². The number of benzene rings is 1. The summed E-state index contributed by atoms with van der Waals surface area (Å²) in [5, 5.41) is 8.71. The van der Waals surface area contributed by atoms with Gasteiger partial charge < -0.3 is 10.5 Å². The van der Waals surface area contributed by atoms with Gasteiger partial charge in [0.15, 0.2) is 18.2 Å². The number of ketones is 1. The maximum absolute atomic E-state index is 13.4. The average molecular weight is 313 g/mol. The highest BCUT2D eigenvalue weighted by atomic mass is 79.9. The number of hydrogen-bond donors (Lipinski definition) is 1. The zero-order chi connectivity index (χ0) is 13.7. The van der Waals surface area contributed by atoms with Crippen molar-refractivity contribution in [2.75, 3.05) is 6.61 Å². The number of hydrogen-bond acceptors (Lipinski definition) is 4. The molecule has 2 N–H and O–H groups in total. The zero-order valence-electron chi connectivity index (χ0n) is 9.54. The Bertz CT molecular complexity index is 545. The summed E-state index contributed by atoms with van der Waals surface area (Å²) in [5.74, 6) is -1.23. The third kappa shape index (κ3) is 3.57. The molecule has 0 heterocycles. The number of nitrogens with two attached hydrogens (primary N) is 1. The van der Waals surface area contributed by atoms with Crippen molar-refractivity contribution in [2.45, 2.75) is 6.92 Å². The van der Waals surface area contributed by atoms with Gasteiger partial charge in [-0.05, 0) is 25.1 Å². The molecule has 94 valence electrons. The highest BCUT2D eigenvalue weighted by Gasteiger charge is 2.13. The van der Waals surface area contributed by atoms with Crippen LogP contribution in [0.4, 0.5) is 4.39 Å². The molecular weight excluding hydrogens is 303 g/mol. The number of rotatable bonds is 4. The fourth-order valence-electron chi connectivity index (χ4n) is 1.18. The first-order valence-corrected chi connectivity index (χ1v) is 5.72. The molecule has 0 fully saturated rings. The van der Waals surface area contributed by atoms with E-state index in [9.17, 15) is 9.18 Å². The van der Waals surface area contributed by atoms with Gasteiger partial charge in [-0.2, -0.15) is 5.26 Å². The number of nitriles is 1. The van der Waals surface area contributed by atoms with Gasteiger partial charge in [-0.1, -0.05) is 15.9 Å². The lowest BCUT2D eigenvalue weighted by Gasteiger charge is -2.06. The molecule has 0 saturated heterocycles. The van der Waals surface area contributed by atoms with Crippen molar-refractivity contribution in [3.05, 3.63) is 39.8 Å². The number of ether oxygens (including phenoxy) is 1. The lowest BCUT2D eigenvalue weighted by atomic mass is 10.1. The number of carbonyl (C=O) groups is 1. The predicted octanol–water partition coefficient (Wildman–Crippen LogP) is 2.29. The van der Waals surface area contributed by atoms with E-state index in [2.05, 4.69) is 15.9 Å². The number of nitrogens with zero attached hydrogens (tertiary/aromatic N) is 1. The number of Topliss-reactive ketones (excluding diaryl/α,β-unsaturated/α-hetero) is 1. The van der Waals surface area contributed by atoms with E-state index in [4.69, 9.17) is 15.7 Å². The molecule has 1 rings (SSSR count). The monoisotopic (exact) mass is 312 g/mol. The van der Waals surface area contributed by atoms with Crippen molar-refractivity contribution < 1.29 is 13.9 Å². The molecule has 0 aromatic heterocycles. The number of allylic oxidation sites excluding steroid dienone is 1. The molecule has 0 aliphatic carbocycles. The molecule has 1 aromatic carbocycles. The summed E-state index contributed by atoms with van der Waals surface area (Å²) in [6.07, 6.45) is 0. The quantitative estimate of drug-likeness (QED) is 0.683. The molecule has 0 spiro atoms. The highest BCUT2D eigenvalue weighted by molar-refractivity contribution is 9.10. The van der Waals surface area contributed by atoms with Crippen LogP contribution in [0.5, 0.6) is 5.75 Å². The van der Waals surface area contributed by atoms with Crippen LogP contribution in [-0.2, 0) is 4.79 Å². The zero-order valence-corrected chi connectivity index (χ0v) is 11.1. The minimum absolute atomic E-state index is 0.0569. The minimum atomic E-state index is -0.593. The first-order chi connectivity index (χ1) is 8.45. The Hall–Kier alpha value is -1.87. The van der Waals surface area contributed by atoms with Crippen molar-refractivity contribution in [1.29, 1.82) is 5.26 Å². The molecule has 6 heteroatoms. The van der Waals surface area contributed by atoms with Gasteiger partial charge in [0.1, 0.15) is 11.6 Å². The smallest absolute Gasteiger partial charge is 0.212 e. The van der Waals surface area contributed by atoms with Crippen LogP contribution in [0.25, 0.3) is 0 Å². The Labute approximate surface area is 112 Å². The summed E-state index contributed by atoms with van der Waals surface area (Å²) >= 11 is 3.10. The number of halogens is 2. The van der Waals surface area contributed by atoms with E-state index >= 15 is 0 Å². The van der Waals surface area contributed by atoms with Gasteiger partial charge in [-0.3, -0.25) is 4.79 Å². The van der Waals surface area contributed by atoms with Crippen LogP contribution >= 0.6 is 15.9 Å². The molecule has 18 heavy (non-hydrogen) atoms. The fraction of sp³-hybridized carbons (Fsp3) is 0.167. The largest absolute Gasteiger partial charge is 0.482 e. The molecule has 1 aromatic rings. The lowest BCUT2D eigenvalue weighted by molar-refractivity contribution is -0.117. The summed E-state index contributed by atoms with van der Waals surface area (Å²) in [5.41, 5.74) is 5.31. The van der Waals surface area contributed by atoms with E-state index in [-0.39, 0.29) is 17.0 Å². The van der Waals surface area contributed by atoms with Gasteiger partial charge in [0.2, 0.25) is 5.78 Å². The van der Waals surface area contributed by atoms with Gasteiger partial charge in [0.05, 0.1) is 0 Å². The first-order valence-electron chi connectivity index (χ1n) is 4.93. The van der Waals surface area contributed by atoms with Crippen LogP contribution < -0.4 is 10.5 Å². The Morgan fingerprint density at radius 3 is 2.78 bits per heavy atom. The molecule has 0 amide bonds. The normalized spacial score (nSPS) is 11.4. The summed E-state index contributed by atoms with van der Waals surface area (Å²) in [6, 6.07) is 5.87. The molecule has 0 bridgehead atoms. The number of carbonyl (C=O) groups excluding carboxylic acids is 1. The molecule has 0 radical (unpaired) electrons. The Kier molecular flexibility index (Phi) is 4.86. The SMILES string of the molecule is C/C(N)=C(\C#N)C(=O)COc1ccc(Br)cc1F. The first kappa shape index (κ1) is 14.2. The van der Waals surface area contributed by atoms with E-state index in [1.807, 2.05) is 0 Å². The third-order valence-corrected chi connectivity index (χ3v) is 2.53. The maximum atomic E-state index is 13.4. The maximum Gasteiger partial charge on any atom is 0.212 e. The Morgan fingerprint density at radius 2 is 2.28 bits per heavy atom. The van der Waals surface area contributed by atoms with Crippen molar-refractivity contribution in [3.8, 4) is 11.8 Å². The molecule has 0 unspecified atom stereocenters. The molecule has 4 nitrogen and oxygen atoms in total. The van der Waals surface area contributed by atoms with E-state index in [0.717, 1.165) is 0 Å². The fourth-order valence-corrected chi connectivity index (χ4v) is 1.51. The van der Waals surface area contributed by atoms with Gasteiger partial charge in [-0.25, -0.2) is 4.39 Å². The Balaban J connectivity index is 2.75. The van der Waals surface area contributed by atoms with Crippen LogP contribution in [0.1, 0.15) is 6.92 Å². The molecule has 0 saturated carbocycles. The summed E-state index contributed by atoms with van der Waals surface area (Å²) in [7, 11) is 0. The van der Waals surface area contributed by atoms with Gasteiger partial charge >= 0.3 is 0 Å². The molecule has 0 aliphatic rings. The standard InChI is InChI=1S/C12H10BrFN2O2/c1-7(16)9(5-15)11(17)6-18-12-3-2-8(13)4-10(12)14/h2-4H,6,16H2,1H3/b9-7-. The Morgan fingerprint density at radius 1 is 1.61 bits per heavy atom. The van der Waals surface area contributed by atoms with Crippen molar-refractivity contribution in [3.63, 3.8) is 0 Å². The summed E-state index contributed by atoms with van der Waals surface area (Å²) in [6.45, 7) is 1.01. The average Bonchev–Trinajstić information content (AvgIpc) is 2.28. The second-order valence-electron chi connectivity index (χ2n) is 3.46. The highest BCUT2D eigenvalue weighted by Crippen LogP contribution is 2.21. The molecular formula is C12H10BrFN2O2. The van der Waals surface area contributed by atoms with Crippen LogP contribution in [0.2, 0.25) is 0 Å². The van der Waals surface area contributed by atoms with Crippen molar-refractivity contribution in [1.82, 2.24) is 0 Å². The van der Waals surface area contributed by atoms with Crippen LogP contribution in [0, 0.1) is 17.1 Å². The van der Waals surface area contributed by atoms with Gasteiger partial charge in [-0.15, -0.1) is 0 Å².